The molecule has 0 fully saturated rings. The molecule has 0 spiro atoms. The molecule has 1 N–H and O–H groups in total. The summed E-state index contributed by atoms with van der Waals surface area (Å²) in [7, 11) is -2.69. The Morgan fingerprint density at radius 1 is 0.943 bits per heavy atom. The van der Waals surface area contributed by atoms with Crippen molar-refractivity contribution < 1.29 is 22.4 Å². The molecular weight excluding hydrogens is 469 g/mol. The van der Waals surface area contributed by atoms with Gasteiger partial charge in [-0.1, -0.05) is 54.1 Å². The van der Waals surface area contributed by atoms with E-state index in [0.29, 0.717) is 5.69 Å². The van der Waals surface area contributed by atoms with Crippen molar-refractivity contribution in [1.29, 1.82) is 0 Å². The Balaban J connectivity index is 2.01. The number of para-hydroxylation sites is 1. The molecular formula is C26H28FN3O4S. The van der Waals surface area contributed by atoms with E-state index in [9.17, 15) is 22.4 Å². The van der Waals surface area contributed by atoms with Gasteiger partial charge >= 0.3 is 0 Å². The molecule has 35 heavy (non-hydrogen) atoms. The highest BCUT2D eigenvalue weighted by atomic mass is 32.2. The number of rotatable bonds is 9. The second-order valence-electron chi connectivity index (χ2n) is 8.06. The Hall–Kier alpha value is -3.72. The van der Waals surface area contributed by atoms with Gasteiger partial charge in [-0.05, 0) is 44.2 Å². The maximum atomic E-state index is 14.4. The minimum atomic E-state index is -4.12. The maximum Gasteiger partial charge on any atom is 0.264 e. The lowest BCUT2D eigenvalue weighted by Crippen LogP contribution is -2.50. The highest BCUT2D eigenvalue weighted by Gasteiger charge is 2.32. The van der Waals surface area contributed by atoms with E-state index in [2.05, 4.69) is 5.32 Å². The van der Waals surface area contributed by atoms with Crippen molar-refractivity contribution in [1.82, 2.24) is 10.2 Å². The predicted molar refractivity (Wildman–Crippen MR) is 133 cm³/mol. The summed E-state index contributed by atoms with van der Waals surface area (Å²) in [5, 5.41) is 2.49. The van der Waals surface area contributed by atoms with E-state index in [4.69, 9.17) is 0 Å². The zero-order valence-corrected chi connectivity index (χ0v) is 20.6. The van der Waals surface area contributed by atoms with E-state index >= 15 is 0 Å². The summed E-state index contributed by atoms with van der Waals surface area (Å²) >= 11 is 0. The van der Waals surface area contributed by atoms with Crippen LogP contribution in [0.1, 0.15) is 18.1 Å². The molecule has 0 unspecified atom stereocenters. The summed E-state index contributed by atoms with van der Waals surface area (Å²) in [6.07, 6.45) is 0. The molecule has 0 saturated carbocycles. The number of sulfonamides is 1. The van der Waals surface area contributed by atoms with Crippen LogP contribution in [0.4, 0.5) is 10.1 Å². The van der Waals surface area contributed by atoms with Crippen LogP contribution in [0.2, 0.25) is 0 Å². The molecule has 0 heterocycles. The van der Waals surface area contributed by atoms with Gasteiger partial charge < -0.3 is 10.2 Å². The van der Waals surface area contributed by atoms with E-state index in [0.717, 1.165) is 9.87 Å². The lowest BCUT2D eigenvalue weighted by Gasteiger charge is -2.31. The number of hydrogen-bond donors (Lipinski definition) is 1. The number of hydrogen-bond acceptors (Lipinski definition) is 4. The number of benzene rings is 3. The van der Waals surface area contributed by atoms with Gasteiger partial charge in [-0.2, -0.15) is 0 Å². The number of carbonyl (C=O) groups excluding carboxylic acids is 2. The molecule has 184 valence electrons. The molecule has 1 atom stereocenters. The lowest BCUT2D eigenvalue weighted by atomic mass is 10.1. The fraction of sp³-hybridized carbons (Fsp3) is 0.231. The third-order valence-electron chi connectivity index (χ3n) is 5.64. The van der Waals surface area contributed by atoms with Crippen LogP contribution >= 0.6 is 0 Å². The Morgan fingerprint density at radius 2 is 1.54 bits per heavy atom. The van der Waals surface area contributed by atoms with E-state index < -0.39 is 40.2 Å². The molecule has 3 aromatic carbocycles. The van der Waals surface area contributed by atoms with Gasteiger partial charge in [0.05, 0.1) is 10.6 Å². The van der Waals surface area contributed by atoms with Gasteiger partial charge in [0.2, 0.25) is 11.8 Å². The number of amides is 2. The summed E-state index contributed by atoms with van der Waals surface area (Å²) in [6.45, 7) is 2.58. The first-order valence-corrected chi connectivity index (χ1v) is 12.5. The van der Waals surface area contributed by atoms with Gasteiger partial charge in [-0.15, -0.1) is 0 Å². The molecule has 7 nitrogen and oxygen atoms in total. The number of anilines is 1. The standard InChI is InChI=1S/C26H28FN3O4S/c1-19-13-15-23(16-14-19)35(33,34)30(22-10-5-4-6-11-22)18-25(31)29(20(2)26(32)28-3)17-21-9-7-8-12-24(21)27/h4-16,20H,17-18H2,1-3H3,(H,28,32)/t20-/m1/s1. The van der Waals surface area contributed by atoms with Crippen molar-refractivity contribution in [3.05, 3.63) is 95.8 Å². The highest BCUT2D eigenvalue weighted by Crippen LogP contribution is 2.24. The van der Waals surface area contributed by atoms with Gasteiger partial charge in [0, 0.05) is 19.2 Å². The monoisotopic (exact) mass is 497 g/mol. The number of likely N-dealkylation sites (N-methyl/N-ethyl adjacent to an activating group) is 1. The SMILES string of the molecule is CNC(=O)[C@@H](C)N(Cc1ccccc1F)C(=O)CN(c1ccccc1)S(=O)(=O)c1ccc(C)cc1. The van der Waals surface area contributed by atoms with Crippen molar-refractivity contribution in [3.63, 3.8) is 0 Å². The van der Waals surface area contributed by atoms with Crippen molar-refractivity contribution in [3.8, 4) is 0 Å². The summed E-state index contributed by atoms with van der Waals surface area (Å²) in [4.78, 5) is 27.2. The molecule has 0 aliphatic heterocycles. The van der Waals surface area contributed by atoms with E-state index in [1.54, 1.807) is 48.5 Å². The third kappa shape index (κ3) is 6.05. The molecule has 0 aliphatic rings. The van der Waals surface area contributed by atoms with Gasteiger partial charge in [0.1, 0.15) is 18.4 Å². The molecule has 0 radical (unpaired) electrons. The Kier molecular flexibility index (Phi) is 8.24. The van der Waals surface area contributed by atoms with Crippen molar-refractivity contribution in [2.24, 2.45) is 0 Å². The van der Waals surface area contributed by atoms with Crippen LogP contribution in [0.3, 0.4) is 0 Å². The molecule has 3 aromatic rings. The van der Waals surface area contributed by atoms with Crippen molar-refractivity contribution >= 4 is 27.5 Å². The molecule has 2 amide bonds. The molecule has 0 aromatic heterocycles. The first-order chi connectivity index (χ1) is 16.6. The zero-order valence-electron chi connectivity index (χ0n) is 19.8. The predicted octanol–water partition coefficient (Wildman–Crippen LogP) is 3.49. The summed E-state index contributed by atoms with van der Waals surface area (Å²) in [5.74, 6) is -1.63. The van der Waals surface area contributed by atoms with Crippen LogP contribution in [0.5, 0.6) is 0 Å². The second kappa shape index (κ2) is 11.1. The zero-order chi connectivity index (χ0) is 25.6. The van der Waals surface area contributed by atoms with Crippen molar-refractivity contribution in [2.45, 2.75) is 31.3 Å². The maximum absolute atomic E-state index is 14.4. The Bertz CT molecular complexity index is 1280. The molecule has 0 bridgehead atoms. The van der Waals surface area contributed by atoms with Crippen LogP contribution in [0.15, 0.2) is 83.8 Å². The number of nitrogens with zero attached hydrogens (tertiary/aromatic N) is 2. The normalized spacial score (nSPS) is 12.0. The van der Waals surface area contributed by atoms with Crippen LogP contribution in [0, 0.1) is 12.7 Å². The van der Waals surface area contributed by atoms with Crippen LogP contribution in [-0.4, -0.2) is 44.8 Å². The largest absolute Gasteiger partial charge is 0.357 e. The fourth-order valence-electron chi connectivity index (χ4n) is 3.56. The Morgan fingerprint density at radius 3 is 2.14 bits per heavy atom. The lowest BCUT2D eigenvalue weighted by molar-refractivity contribution is -0.139. The van der Waals surface area contributed by atoms with Gasteiger partial charge in [0.25, 0.3) is 10.0 Å². The smallest absolute Gasteiger partial charge is 0.264 e. The van der Waals surface area contributed by atoms with E-state index in [-0.39, 0.29) is 17.0 Å². The highest BCUT2D eigenvalue weighted by molar-refractivity contribution is 7.92. The molecule has 0 saturated heterocycles. The number of nitrogens with one attached hydrogen (secondary N) is 1. The first-order valence-electron chi connectivity index (χ1n) is 11.0. The molecule has 3 rings (SSSR count). The molecule has 0 aliphatic carbocycles. The second-order valence-corrected chi connectivity index (χ2v) is 9.93. The van der Waals surface area contributed by atoms with Gasteiger partial charge in [-0.3, -0.25) is 13.9 Å². The third-order valence-corrected chi connectivity index (χ3v) is 7.43. The molecule has 9 heteroatoms. The Labute approximate surface area is 205 Å². The first kappa shape index (κ1) is 25.9. The van der Waals surface area contributed by atoms with E-state index in [1.165, 1.54) is 49.2 Å². The average Bonchev–Trinajstić information content (AvgIpc) is 2.86. The summed E-state index contributed by atoms with van der Waals surface area (Å²) in [5.41, 5.74) is 1.39. The van der Waals surface area contributed by atoms with Crippen molar-refractivity contribution in [2.75, 3.05) is 17.9 Å². The quantitative estimate of drug-likeness (QED) is 0.490. The number of carbonyl (C=O) groups is 2. The topological polar surface area (TPSA) is 86.8 Å². The van der Waals surface area contributed by atoms with Gasteiger partial charge in [-0.25, -0.2) is 12.8 Å². The fourth-order valence-corrected chi connectivity index (χ4v) is 4.98. The number of halogens is 1. The average molecular weight is 498 g/mol. The van der Waals surface area contributed by atoms with E-state index in [1.807, 2.05) is 6.92 Å². The van der Waals surface area contributed by atoms with Crippen LogP contribution < -0.4 is 9.62 Å². The summed E-state index contributed by atoms with van der Waals surface area (Å²) in [6, 6.07) is 19.5. The van der Waals surface area contributed by atoms with Crippen LogP contribution in [0.25, 0.3) is 0 Å². The minimum absolute atomic E-state index is 0.0276. The minimum Gasteiger partial charge on any atom is -0.357 e. The van der Waals surface area contributed by atoms with Crippen LogP contribution in [-0.2, 0) is 26.2 Å². The van der Waals surface area contributed by atoms with Gasteiger partial charge in [0.15, 0.2) is 0 Å². The number of aryl methyl sites for hydroxylation is 1. The summed E-state index contributed by atoms with van der Waals surface area (Å²) < 4.78 is 42.6.